The van der Waals surface area contributed by atoms with Gasteiger partial charge in [-0.1, -0.05) is 13.8 Å². The lowest BCUT2D eigenvalue weighted by atomic mass is 10.1. The Hall–Kier alpha value is -1.33. The summed E-state index contributed by atoms with van der Waals surface area (Å²) in [5, 5.41) is 2.10. The van der Waals surface area contributed by atoms with E-state index in [1.807, 2.05) is 13.8 Å². The fourth-order valence-corrected chi connectivity index (χ4v) is 0.907. The summed E-state index contributed by atoms with van der Waals surface area (Å²) < 4.78 is 35.5. The number of rotatable bonds is 3. The van der Waals surface area contributed by atoms with Gasteiger partial charge >= 0.3 is 6.18 Å². The van der Waals surface area contributed by atoms with Gasteiger partial charge in [0.1, 0.15) is 6.54 Å². The third-order valence-electron chi connectivity index (χ3n) is 1.79. The zero-order valence-corrected chi connectivity index (χ0v) is 8.47. The van der Waals surface area contributed by atoms with E-state index in [4.69, 9.17) is 0 Å². The Bertz CT molecular complexity index is 305. The third kappa shape index (κ3) is 4.14. The minimum atomic E-state index is -4.25. The molecule has 0 fully saturated rings. The van der Waals surface area contributed by atoms with E-state index in [1.165, 1.54) is 12.4 Å². The predicted octanol–water partition coefficient (Wildman–Crippen LogP) is 2.57. The SMILES string of the molecule is CC(C)c1cnc(NCC(F)(F)F)nc1. The molecule has 0 amide bonds. The number of nitrogens with one attached hydrogen (secondary N) is 1. The normalized spacial score (nSPS) is 11.9. The Morgan fingerprint density at radius 1 is 1.27 bits per heavy atom. The molecule has 1 heterocycles. The number of halogens is 3. The van der Waals surface area contributed by atoms with Crippen LogP contribution in [0.3, 0.4) is 0 Å². The average Bonchev–Trinajstić information content (AvgIpc) is 2.14. The van der Waals surface area contributed by atoms with Gasteiger partial charge in [-0.25, -0.2) is 9.97 Å². The lowest BCUT2D eigenvalue weighted by molar-refractivity contribution is -0.115. The monoisotopic (exact) mass is 219 g/mol. The highest BCUT2D eigenvalue weighted by molar-refractivity contribution is 5.25. The molecular weight excluding hydrogens is 207 g/mol. The van der Waals surface area contributed by atoms with Crippen LogP contribution in [0.4, 0.5) is 19.1 Å². The van der Waals surface area contributed by atoms with Crippen LogP contribution in [0.5, 0.6) is 0 Å². The van der Waals surface area contributed by atoms with Crippen LogP contribution in [0.15, 0.2) is 12.4 Å². The van der Waals surface area contributed by atoms with E-state index in [1.54, 1.807) is 0 Å². The van der Waals surface area contributed by atoms with E-state index in [0.29, 0.717) is 0 Å². The first-order valence-electron chi connectivity index (χ1n) is 4.51. The van der Waals surface area contributed by atoms with Crippen molar-refractivity contribution in [1.82, 2.24) is 9.97 Å². The van der Waals surface area contributed by atoms with Crippen molar-refractivity contribution < 1.29 is 13.2 Å². The van der Waals surface area contributed by atoms with Crippen LogP contribution in [0.2, 0.25) is 0 Å². The predicted molar refractivity (Wildman–Crippen MR) is 50.7 cm³/mol. The molecule has 3 nitrogen and oxygen atoms in total. The zero-order valence-electron chi connectivity index (χ0n) is 8.47. The van der Waals surface area contributed by atoms with Gasteiger partial charge in [-0.15, -0.1) is 0 Å². The maximum absolute atomic E-state index is 11.8. The van der Waals surface area contributed by atoms with E-state index >= 15 is 0 Å². The highest BCUT2D eigenvalue weighted by atomic mass is 19.4. The molecular formula is C9H12F3N3. The van der Waals surface area contributed by atoms with Crippen LogP contribution in [0, 0.1) is 0 Å². The van der Waals surface area contributed by atoms with Crippen LogP contribution < -0.4 is 5.32 Å². The summed E-state index contributed by atoms with van der Waals surface area (Å²) in [4.78, 5) is 7.56. The summed E-state index contributed by atoms with van der Waals surface area (Å²) in [7, 11) is 0. The molecule has 1 rings (SSSR count). The van der Waals surface area contributed by atoms with Crippen LogP contribution >= 0.6 is 0 Å². The van der Waals surface area contributed by atoms with Gasteiger partial charge in [0.25, 0.3) is 0 Å². The van der Waals surface area contributed by atoms with E-state index in [2.05, 4.69) is 15.3 Å². The van der Waals surface area contributed by atoms with Gasteiger partial charge in [-0.05, 0) is 11.5 Å². The molecule has 1 aromatic heterocycles. The molecule has 0 saturated heterocycles. The Morgan fingerprint density at radius 2 is 1.80 bits per heavy atom. The second-order valence-electron chi connectivity index (χ2n) is 3.46. The molecule has 15 heavy (non-hydrogen) atoms. The Labute approximate surface area is 85.7 Å². The standard InChI is InChI=1S/C9H12F3N3/c1-6(2)7-3-13-8(14-4-7)15-5-9(10,11)12/h3-4,6H,5H2,1-2H3,(H,13,14,15). The number of hydrogen-bond donors (Lipinski definition) is 1. The average molecular weight is 219 g/mol. The van der Waals surface area contributed by atoms with Crippen molar-refractivity contribution in [2.45, 2.75) is 25.9 Å². The summed E-state index contributed by atoms with van der Waals surface area (Å²) in [6, 6.07) is 0. The van der Waals surface area contributed by atoms with Crippen LogP contribution in [-0.4, -0.2) is 22.7 Å². The summed E-state index contributed by atoms with van der Waals surface area (Å²) >= 11 is 0. The van der Waals surface area contributed by atoms with Crippen molar-refractivity contribution in [3.8, 4) is 0 Å². The molecule has 0 aliphatic heterocycles. The van der Waals surface area contributed by atoms with Gasteiger partial charge in [0.05, 0.1) is 0 Å². The van der Waals surface area contributed by atoms with Gasteiger partial charge in [-0.3, -0.25) is 0 Å². The highest BCUT2D eigenvalue weighted by Crippen LogP contribution is 2.15. The summed E-state index contributed by atoms with van der Waals surface area (Å²) in [6.07, 6.45) is -1.20. The molecule has 84 valence electrons. The molecule has 0 radical (unpaired) electrons. The van der Waals surface area contributed by atoms with E-state index in [-0.39, 0.29) is 11.9 Å². The highest BCUT2D eigenvalue weighted by Gasteiger charge is 2.26. The second-order valence-corrected chi connectivity index (χ2v) is 3.46. The Kier molecular flexibility index (Phi) is 3.49. The number of aromatic nitrogens is 2. The maximum atomic E-state index is 11.8. The van der Waals surface area contributed by atoms with Gasteiger partial charge in [0, 0.05) is 12.4 Å². The largest absolute Gasteiger partial charge is 0.405 e. The van der Waals surface area contributed by atoms with E-state index in [9.17, 15) is 13.2 Å². The van der Waals surface area contributed by atoms with Crippen LogP contribution in [0.25, 0.3) is 0 Å². The maximum Gasteiger partial charge on any atom is 0.405 e. The minimum absolute atomic E-state index is 0.00303. The van der Waals surface area contributed by atoms with Crippen molar-refractivity contribution in [2.24, 2.45) is 0 Å². The topological polar surface area (TPSA) is 37.8 Å². The van der Waals surface area contributed by atoms with Gasteiger partial charge < -0.3 is 5.32 Å². The van der Waals surface area contributed by atoms with Crippen molar-refractivity contribution in [1.29, 1.82) is 0 Å². The summed E-state index contributed by atoms with van der Waals surface area (Å²) in [5.74, 6) is 0.262. The van der Waals surface area contributed by atoms with E-state index < -0.39 is 12.7 Å². The fraction of sp³-hybridized carbons (Fsp3) is 0.556. The molecule has 0 aromatic carbocycles. The smallest absolute Gasteiger partial charge is 0.345 e. The van der Waals surface area contributed by atoms with Crippen molar-refractivity contribution in [2.75, 3.05) is 11.9 Å². The number of alkyl halides is 3. The molecule has 6 heteroatoms. The summed E-state index contributed by atoms with van der Waals surface area (Å²) in [6.45, 7) is 2.80. The number of nitrogens with zero attached hydrogens (tertiary/aromatic N) is 2. The molecule has 1 aromatic rings. The van der Waals surface area contributed by atoms with Gasteiger partial charge in [-0.2, -0.15) is 13.2 Å². The third-order valence-corrected chi connectivity index (χ3v) is 1.79. The number of hydrogen-bond acceptors (Lipinski definition) is 3. The Morgan fingerprint density at radius 3 is 2.20 bits per heavy atom. The molecule has 0 aliphatic carbocycles. The first kappa shape index (κ1) is 11.7. The summed E-state index contributed by atoms with van der Waals surface area (Å²) in [5.41, 5.74) is 0.896. The van der Waals surface area contributed by atoms with Crippen molar-refractivity contribution >= 4 is 5.95 Å². The zero-order chi connectivity index (χ0) is 11.5. The molecule has 1 N–H and O–H groups in total. The first-order chi connectivity index (χ1) is 6.88. The molecule has 0 aliphatic rings. The van der Waals surface area contributed by atoms with Gasteiger partial charge in [0.15, 0.2) is 0 Å². The lowest BCUT2D eigenvalue weighted by Crippen LogP contribution is -2.22. The fourth-order valence-electron chi connectivity index (χ4n) is 0.907. The van der Waals surface area contributed by atoms with Crippen LogP contribution in [-0.2, 0) is 0 Å². The quantitative estimate of drug-likeness (QED) is 0.849. The second kappa shape index (κ2) is 4.46. The van der Waals surface area contributed by atoms with Crippen molar-refractivity contribution in [3.63, 3.8) is 0 Å². The van der Waals surface area contributed by atoms with Crippen LogP contribution in [0.1, 0.15) is 25.3 Å². The lowest BCUT2D eigenvalue weighted by Gasteiger charge is -2.09. The van der Waals surface area contributed by atoms with Crippen molar-refractivity contribution in [3.05, 3.63) is 18.0 Å². The molecule has 0 spiro atoms. The van der Waals surface area contributed by atoms with E-state index in [0.717, 1.165) is 5.56 Å². The Balaban J connectivity index is 2.57. The molecule has 0 unspecified atom stereocenters. The number of anilines is 1. The molecule has 0 atom stereocenters. The molecule has 0 bridgehead atoms. The first-order valence-corrected chi connectivity index (χ1v) is 4.51. The van der Waals surface area contributed by atoms with Gasteiger partial charge in [0.2, 0.25) is 5.95 Å². The molecule has 0 saturated carbocycles. The minimum Gasteiger partial charge on any atom is -0.345 e.